The van der Waals surface area contributed by atoms with Crippen LogP contribution in [0.1, 0.15) is 11.1 Å². The Bertz CT molecular complexity index is 688. The highest BCUT2D eigenvalue weighted by Crippen LogP contribution is 2.13. The van der Waals surface area contributed by atoms with Gasteiger partial charge in [-0.05, 0) is 11.1 Å². The average molecular weight is 323 g/mol. The summed E-state index contributed by atoms with van der Waals surface area (Å²) in [5.74, 6) is -0.131. The fourth-order valence-electron chi connectivity index (χ4n) is 2.76. The van der Waals surface area contributed by atoms with Crippen LogP contribution in [0.4, 0.5) is 4.79 Å². The molecule has 2 aromatic rings. The summed E-state index contributed by atoms with van der Waals surface area (Å²) in [4.78, 5) is 27.8. The summed E-state index contributed by atoms with van der Waals surface area (Å²) in [7, 11) is 0. The normalized spacial score (nSPS) is 14.1. The van der Waals surface area contributed by atoms with Gasteiger partial charge in [-0.2, -0.15) is 0 Å². The third-order valence-corrected chi connectivity index (χ3v) is 4.06. The van der Waals surface area contributed by atoms with Crippen molar-refractivity contribution in [1.82, 2.24) is 15.1 Å². The summed E-state index contributed by atoms with van der Waals surface area (Å²) in [6.45, 7) is 2.41. The van der Waals surface area contributed by atoms with Crippen molar-refractivity contribution in [3.8, 4) is 0 Å². The molecule has 1 N–H and O–H groups in total. The number of hydrogen-bond donors (Lipinski definition) is 1. The summed E-state index contributed by atoms with van der Waals surface area (Å²) < 4.78 is 0. The highest BCUT2D eigenvalue weighted by Gasteiger charge is 2.29. The van der Waals surface area contributed by atoms with Crippen molar-refractivity contribution in [1.29, 1.82) is 0 Å². The zero-order valence-electron chi connectivity index (χ0n) is 13.5. The van der Waals surface area contributed by atoms with Gasteiger partial charge in [0, 0.05) is 26.2 Å². The zero-order chi connectivity index (χ0) is 16.8. The Balaban J connectivity index is 1.47. The maximum atomic E-state index is 12.4. The second kappa shape index (κ2) is 7.64. The topological polar surface area (TPSA) is 52.7 Å². The first-order chi connectivity index (χ1) is 11.7. The molecule has 0 aromatic heterocycles. The Kier molecular flexibility index (Phi) is 5.11. The van der Waals surface area contributed by atoms with Crippen molar-refractivity contribution in [2.75, 3.05) is 19.6 Å². The molecule has 5 nitrogen and oxygen atoms in total. The lowest BCUT2D eigenvalue weighted by Crippen LogP contribution is -2.39. The van der Waals surface area contributed by atoms with E-state index in [4.69, 9.17) is 0 Å². The molecule has 0 spiro atoms. The fraction of sp³-hybridized carbons (Fsp3) is 0.263. The molecular weight excluding hydrogens is 302 g/mol. The number of carbonyl (C=O) groups is 2. The van der Waals surface area contributed by atoms with Gasteiger partial charge in [-0.15, -0.1) is 0 Å². The third-order valence-electron chi connectivity index (χ3n) is 4.06. The van der Waals surface area contributed by atoms with Crippen LogP contribution in [0.3, 0.4) is 0 Å². The molecular formula is C19H21N3O2. The van der Waals surface area contributed by atoms with Crippen LogP contribution in [-0.4, -0.2) is 41.4 Å². The molecule has 0 atom stereocenters. The third kappa shape index (κ3) is 4.13. The van der Waals surface area contributed by atoms with Crippen molar-refractivity contribution < 1.29 is 9.59 Å². The van der Waals surface area contributed by atoms with Crippen molar-refractivity contribution in [3.63, 3.8) is 0 Å². The van der Waals surface area contributed by atoms with E-state index in [1.54, 1.807) is 9.80 Å². The van der Waals surface area contributed by atoms with Crippen LogP contribution in [0, 0.1) is 0 Å². The number of carbonyl (C=O) groups excluding carboxylic acids is 2. The van der Waals surface area contributed by atoms with Gasteiger partial charge in [-0.1, -0.05) is 60.7 Å². The molecule has 0 radical (unpaired) electrons. The van der Waals surface area contributed by atoms with Crippen molar-refractivity contribution >= 4 is 11.9 Å². The van der Waals surface area contributed by atoms with E-state index < -0.39 is 0 Å². The molecule has 1 fully saturated rings. The predicted octanol–water partition coefficient (Wildman–Crippen LogP) is 2.24. The van der Waals surface area contributed by atoms with Gasteiger partial charge in [0.25, 0.3) is 0 Å². The highest BCUT2D eigenvalue weighted by molar-refractivity contribution is 5.85. The van der Waals surface area contributed by atoms with Gasteiger partial charge in [0.15, 0.2) is 0 Å². The van der Waals surface area contributed by atoms with Crippen LogP contribution in [0.25, 0.3) is 0 Å². The maximum Gasteiger partial charge on any atom is 0.320 e. The lowest BCUT2D eigenvalue weighted by atomic mass is 10.2. The van der Waals surface area contributed by atoms with Crippen LogP contribution < -0.4 is 5.32 Å². The van der Waals surface area contributed by atoms with Gasteiger partial charge in [0.1, 0.15) is 6.54 Å². The minimum atomic E-state index is -0.131. The molecule has 0 unspecified atom stereocenters. The maximum absolute atomic E-state index is 12.4. The smallest absolute Gasteiger partial charge is 0.320 e. The predicted molar refractivity (Wildman–Crippen MR) is 92.1 cm³/mol. The lowest BCUT2D eigenvalue weighted by molar-refractivity contribution is -0.121. The standard InChI is InChI=1S/C19H21N3O2/c23-18(20-13-16-7-3-1-4-8-16)15-22-12-11-21(19(22)24)14-17-9-5-2-6-10-17/h1-10H,11-15H2,(H,20,23). The Labute approximate surface area is 141 Å². The first kappa shape index (κ1) is 16.1. The van der Waals surface area contributed by atoms with E-state index in [-0.39, 0.29) is 18.5 Å². The quantitative estimate of drug-likeness (QED) is 0.886. The van der Waals surface area contributed by atoms with E-state index in [0.29, 0.717) is 26.2 Å². The number of nitrogens with zero attached hydrogens (tertiary/aromatic N) is 2. The number of rotatable bonds is 6. The summed E-state index contributed by atoms with van der Waals surface area (Å²) in [5.41, 5.74) is 2.14. The first-order valence-corrected chi connectivity index (χ1v) is 8.11. The van der Waals surface area contributed by atoms with Crippen LogP contribution in [0.5, 0.6) is 0 Å². The largest absolute Gasteiger partial charge is 0.350 e. The van der Waals surface area contributed by atoms with Gasteiger partial charge in [-0.3, -0.25) is 4.79 Å². The number of benzene rings is 2. The molecule has 124 valence electrons. The SMILES string of the molecule is O=C(CN1CCN(Cc2ccccc2)C1=O)NCc1ccccc1. The van der Waals surface area contributed by atoms with Gasteiger partial charge < -0.3 is 15.1 Å². The molecule has 0 aliphatic carbocycles. The van der Waals surface area contributed by atoms with Crippen molar-refractivity contribution in [2.45, 2.75) is 13.1 Å². The van der Waals surface area contributed by atoms with Crippen molar-refractivity contribution in [3.05, 3.63) is 71.8 Å². The van der Waals surface area contributed by atoms with E-state index in [1.807, 2.05) is 60.7 Å². The summed E-state index contributed by atoms with van der Waals surface area (Å²) in [5, 5.41) is 2.86. The Morgan fingerprint density at radius 1 is 0.875 bits per heavy atom. The molecule has 1 heterocycles. The van der Waals surface area contributed by atoms with Crippen LogP contribution in [0.2, 0.25) is 0 Å². The highest BCUT2D eigenvalue weighted by atomic mass is 16.2. The van der Waals surface area contributed by atoms with Gasteiger partial charge >= 0.3 is 6.03 Å². The first-order valence-electron chi connectivity index (χ1n) is 8.11. The Morgan fingerprint density at radius 2 is 1.46 bits per heavy atom. The molecule has 1 aliphatic rings. The molecule has 2 aromatic carbocycles. The number of nitrogens with one attached hydrogen (secondary N) is 1. The van der Waals surface area contributed by atoms with E-state index in [9.17, 15) is 9.59 Å². The molecule has 0 bridgehead atoms. The summed E-state index contributed by atoms with van der Waals surface area (Å²) in [6.07, 6.45) is 0. The van der Waals surface area contributed by atoms with E-state index in [1.165, 1.54) is 0 Å². The molecule has 1 saturated heterocycles. The van der Waals surface area contributed by atoms with Crippen LogP contribution >= 0.6 is 0 Å². The van der Waals surface area contributed by atoms with Crippen molar-refractivity contribution in [2.24, 2.45) is 0 Å². The lowest BCUT2D eigenvalue weighted by Gasteiger charge is -2.18. The van der Waals surface area contributed by atoms with Gasteiger partial charge in [0.05, 0.1) is 0 Å². The van der Waals surface area contributed by atoms with E-state index >= 15 is 0 Å². The molecule has 3 rings (SSSR count). The zero-order valence-corrected chi connectivity index (χ0v) is 13.5. The average Bonchev–Trinajstić information content (AvgIpc) is 2.95. The van der Waals surface area contributed by atoms with Gasteiger partial charge in [0.2, 0.25) is 5.91 Å². The van der Waals surface area contributed by atoms with E-state index in [2.05, 4.69) is 5.32 Å². The number of urea groups is 1. The monoisotopic (exact) mass is 323 g/mol. The molecule has 3 amide bonds. The number of hydrogen-bond acceptors (Lipinski definition) is 2. The molecule has 24 heavy (non-hydrogen) atoms. The Hall–Kier alpha value is -2.82. The second-order valence-electron chi connectivity index (χ2n) is 5.87. The van der Waals surface area contributed by atoms with E-state index in [0.717, 1.165) is 11.1 Å². The number of amides is 3. The minimum Gasteiger partial charge on any atom is -0.350 e. The minimum absolute atomic E-state index is 0.0753. The van der Waals surface area contributed by atoms with Crippen LogP contribution in [-0.2, 0) is 17.9 Å². The summed E-state index contributed by atoms with van der Waals surface area (Å²) >= 11 is 0. The second-order valence-corrected chi connectivity index (χ2v) is 5.87. The molecule has 1 aliphatic heterocycles. The van der Waals surface area contributed by atoms with Gasteiger partial charge in [-0.25, -0.2) is 4.79 Å². The molecule has 5 heteroatoms. The van der Waals surface area contributed by atoms with Crippen LogP contribution in [0.15, 0.2) is 60.7 Å². The summed E-state index contributed by atoms with van der Waals surface area (Å²) in [6, 6.07) is 19.5. The fourth-order valence-corrected chi connectivity index (χ4v) is 2.76. The molecule has 0 saturated carbocycles. The Morgan fingerprint density at radius 3 is 2.12 bits per heavy atom.